The van der Waals surface area contributed by atoms with E-state index < -0.39 is 7.32 Å². The molecule has 0 saturated carbocycles. The molecule has 0 aromatic carbocycles. The third kappa shape index (κ3) is 4.67. The second kappa shape index (κ2) is 6.08. The van der Waals surface area contributed by atoms with E-state index in [0.717, 1.165) is 17.0 Å². The average Bonchev–Trinajstić information content (AvgIpc) is 2.33. The van der Waals surface area contributed by atoms with Crippen molar-refractivity contribution in [1.29, 1.82) is 0 Å². The van der Waals surface area contributed by atoms with Crippen molar-refractivity contribution in [3.8, 4) is 0 Å². The van der Waals surface area contributed by atoms with E-state index in [-0.39, 0.29) is 17.1 Å². The maximum absolute atomic E-state index is 8.47. The summed E-state index contributed by atoms with van der Waals surface area (Å²) in [4.78, 5) is 1.04. The van der Waals surface area contributed by atoms with Crippen molar-refractivity contribution in [3.63, 3.8) is 0 Å². The summed E-state index contributed by atoms with van der Waals surface area (Å²) < 4.78 is 4.49. The van der Waals surface area contributed by atoms with E-state index in [2.05, 4.69) is 23.7 Å². The van der Waals surface area contributed by atoms with Crippen LogP contribution in [-0.2, 0) is 23.5 Å². The zero-order valence-electron chi connectivity index (χ0n) is 8.09. The molecule has 1 aromatic heterocycles. The Morgan fingerprint density at radius 2 is 2.21 bits per heavy atom. The number of hydrogen-bond donors (Lipinski definition) is 2. The van der Waals surface area contributed by atoms with Crippen molar-refractivity contribution >= 4 is 7.32 Å². The summed E-state index contributed by atoms with van der Waals surface area (Å²) in [5.41, 5.74) is 0.871. The average molecular weight is 239 g/mol. The molecule has 5 nitrogen and oxygen atoms in total. The molecule has 1 heterocycles. The van der Waals surface area contributed by atoms with Gasteiger partial charge >= 0.3 is 7.32 Å². The van der Waals surface area contributed by atoms with Crippen molar-refractivity contribution in [2.24, 2.45) is 5.92 Å². The summed E-state index contributed by atoms with van der Waals surface area (Å²) in [5.74, 6) is 0.516. The molecule has 0 bridgehead atoms. The first-order valence-electron chi connectivity index (χ1n) is 4.15. The fourth-order valence-corrected chi connectivity index (χ4v) is 1.03. The Balaban J connectivity index is 0.00000169. The predicted molar refractivity (Wildman–Crippen MR) is 47.5 cm³/mol. The molecule has 1 aromatic rings. The van der Waals surface area contributed by atoms with Crippen molar-refractivity contribution in [2.75, 3.05) is 0 Å². The van der Waals surface area contributed by atoms with E-state index >= 15 is 0 Å². The van der Waals surface area contributed by atoms with Crippen LogP contribution in [0.15, 0.2) is 12.3 Å². The van der Waals surface area contributed by atoms with Gasteiger partial charge in [0.15, 0.2) is 0 Å². The molecule has 0 saturated heterocycles. The molecule has 0 fully saturated rings. The van der Waals surface area contributed by atoms with Gasteiger partial charge in [0.25, 0.3) is 0 Å². The van der Waals surface area contributed by atoms with Crippen LogP contribution in [0.3, 0.4) is 0 Å². The molecule has 0 aliphatic heterocycles. The Bertz CT molecular complexity index is 243. The maximum Gasteiger partial charge on any atom is 0.729 e. The van der Waals surface area contributed by atoms with Crippen LogP contribution in [0.2, 0.25) is 0 Å². The molecule has 7 heteroatoms. The first-order chi connectivity index (χ1) is 6.08. The van der Waals surface area contributed by atoms with E-state index in [9.17, 15) is 0 Å². The van der Waals surface area contributed by atoms with Gasteiger partial charge in [0.2, 0.25) is 0 Å². The molecule has 1 radical (unpaired) electrons. The quantitative estimate of drug-likeness (QED) is 0.693. The summed E-state index contributed by atoms with van der Waals surface area (Å²) in [7, 11) is -1.83. The smallest absolute Gasteiger partial charge is 0.405 e. The van der Waals surface area contributed by atoms with E-state index in [1.807, 2.05) is 0 Å². The van der Waals surface area contributed by atoms with Crippen molar-refractivity contribution < 1.29 is 31.9 Å². The summed E-state index contributed by atoms with van der Waals surface area (Å²) in [6, 6.07) is 1.78. The van der Waals surface area contributed by atoms with Crippen molar-refractivity contribution in [3.05, 3.63) is 18.0 Å². The fourth-order valence-electron chi connectivity index (χ4n) is 1.03. The maximum atomic E-state index is 8.47. The molecular formula is C7H13BMnN2O3. The molecule has 0 atom stereocenters. The Kier molecular flexibility index (Phi) is 5.87. The van der Waals surface area contributed by atoms with E-state index in [0.29, 0.717) is 5.92 Å². The summed E-state index contributed by atoms with van der Waals surface area (Å²) >= 11 is 0. The number of hydrogen-bond acceptors (Lipinski definition) is 4. The Hall–Kier alpha value is -0.486. The topological polar surface area (TPSA) is 67.5 Å². The molecule has 14 heavy (non-hydrogen) atoms. The molecule has 0 unspecified atom stereocenters. The van der Waals surface area contributed by atoms with Gasteiger partial charge in [-0.05, 0) is 18.4 Å². The number of rotatable bonds is 4. The summed E-state index contributed by atoms with van der Waals surface area (Å²) in [6.07, 6.45) is 2.38. The van der Waals surface area contributed by atoms with E-state index in [1.54, 1.807) is 6.07 Å². The van der Waals surface area contributed by atoms with Crippen LogP contribution < -0.4 is 4.76 Å². The van der Waals surface area contributed by atoms with Crippen LogP contribution in [-0.4, -0.2) is 27.3 Å². The Morgan fingerprint density at radius 3 is 2.71 bits per heavy atom. The van der Waals surface area contributed by atoms with E-state index in [1.165, 1.54) is 6.20 Å². The molecule has 0 aliphatic carbocycles. The van der Waals surface area contributed by atoms with Gasteiger partial charge in [-0.25, -0.2) is 0 Å². The van der Waals surface area contributed by atoms with Crippen LogP contribution in [0, 0.1) is 5.92 Å². The minimum Gasteiger partial charge on any atom is -0.405 e. The monoisotopic (exact) mass is 239 g/mol. The second-order valence-electron chi connectivity index (χ2n) is 3.24. The second-order valence-corrected chi connectivity index (χ2v) is 3.24. The van der Waals surface area contributed by atoms with Crippen molar-refractivity contribution in [1.82, 2.24) is 9.94 Å². The van der Waals surface area contributed by atoms with Gasteiger partial charge in [-0.3, -0.25) is 0 Å². The van der Waals surface area contributed by atoms with Crippen LogP contribution in [0.1, 0.15) is 19.5 Å². The first-order valence-corrected chi connectivity index (χ1v) is 4.15. The Labute approximate surface area is 93.7 Å². The van der Waals surface area contributed by atoms with Gasteiger partial charge < -0.3 is 14.8 Å². The van der Waals surface area contributed by atoms with Gasteiger partial charge in [0.1, 0.15) is 0 Å². The number of nitrogens with zero attached hydrogens (tertiary/aromatic N) is 2. The van der Waals surface area contributed by atoms with Crippen LogP contribution in [0.4, 0.5) is 0 Å². The SMILES string of the molecule is CC(C)Cc1ccn(OB(O)O)n1.[Mn]. The molecule has 0 spiro atoms. The zero-order valence-corrected chi connectivity index (χ0v) is 9.27. The zero-order chi connectivity index (χ0) is 9.84. The first kappa shape index (κ1) is 13.5. The van der Waals surface area contributed by atoms with Gasteiger partial charge in [-0.15, -0.1) is 9.94 Å². The van der Waals surface area contributed by atoms with Gasteiger partial charge in [0, 0.05) is 17.1 Å². The van der Waals surface area contributed by atoms with Gasteiger partial charge in [-0.1, -0.05) is 13.8 Å². The number of aromatic nitrogens is 2. The molecule has 2 N–H and O–H groups in total. The molecule has 0 amide bonds. The standard InChI is InChI=1S/C7H13BN2O3.Mn/c1-6(2)5-7-3-4-10(9-7)13-8(11)12;/h3-4,6,11-12H,5H2,1-2H3;. The molecular weight excluding hydrogens is 226 g/mol. The van der Waals surface area contributed by atoms with Crippen molar-refractivity contribution in [2.45, 2.75) is 20.3 Å². The largest absolute Gasteiger partial charge is 0.729 e. The third-order valence-electron chi connectivity index (χ3n) is 1.44. The van der Waals surface area contributed by atoms with E-state index in [4.69, 9.17) is 10.0 Å². The molecule has 1 rings (SSSR count). The minimum absolute atomic E-state index is 0. The van der Waals surface area contributed by atoms with Gasteiger partial charge in [0.05, 0.1) is 11.9 Å². The third-order valence-corrected chi connectivity index (χ3v) is 1.44. The summed E-state index contributed by atoms with van der Waals surface area (Å²) in [5, 5.41) is 20.9. The van der Waals surface area contributed by atoms with Crippen LogP contribution >= 0.6 is 0 Å². The summed E-state index contributed by atoms with van der Waals surface area (Å²) in [6.45, 7) is 4.17. The molecule has 79 valence electrons. The Morgan fingerprint density at radius 1 is 1.57 bits per heavy atom. The van der Waals surface area contributed by atoms with Crippen LogP contribution in [0.25, 0.3) is 0 Å². The fraction of sp³-hybridized carbons (Fsp3) is 0.571. The molecule has 0 aliphatic rings. The van der Waals surface area contributed by atoms with Crippen LogP contribution in [0.5, 0.6) is 0 Å². The predicted octanol–water partition coefficient (Wildman–Crippen LogP) is -0.523. The van der Waals surface area contributed by atoms with Gasteiger partial charge in [-0.2, -0.15) is 0 Å². The minimum atomic E-state index is -1.83. The normalized spacial score (nSPS) is 9.79.